The standard InChI is InChI=1S/C16H34N4O2/c1-5-8-15(21)14(17)13-16(22)18-9-10-19(4)11-12-20(6-2)7-3/h14H,5-13,17H2,1-4H3,(H,18,22). The third-order valence-corrected chi connectivity index (χ3v) is 3.82. The van der Waals surface area contributed by atoms with E-state index in [1.807, 2.05) is 14.0 Å². The Balaban J connectivity index is 3.80. The van der Waals surface area contributed by atoms with E-state index in [0.29, 0.717) is 13.0 Å². The maximum atomic E-state index is 11.7. The molecular formula is C16H34N4O2. The highest BCUT2D eigenvalue weighted by Gasteiger charge is 2.16. The number of amides is 1. The maximum absolute atomic E-state index is 11.7. The zero-order chi connectivity index (χ0) is 17.0. The topological polar surface area (TPSA) is 78.7 Å². The highest BCUT2D eigenvalue weighted by molar-refractivity contribution is 5.89. The van der Waals surface area contributed by atoms with Crippen LogP contribution in [0, 0.1) is 0 Å². The van der Waals surface area contributed by atoms with E-state index in [1.165, 1.54) is 0 Å². The third-order valence-electron chi connectivity index (χ3n) is 3.82. The van der Waals surface area contributed by atoms with Crippen molar-refractivity contribution in [3.63, 3.8) is 0 Å². The third kappa shape index (κ3) is 9.87. The summed E-state index contributed by atoms with van der Waals surface area (Å²) in [5.74, 6) is -0.178. The molecule has 0 aliphatic carbocycles. The Kier molecular flexibility index (Phi) is 12.0. The van der Waals surface area contributed by atoms with Gasteiger partial charge in [0, 0.05) is 39.0 Å². The zero-order valence-corrected chi connectivity index (χ0v) is 14.7. The molecule has 0 aromatic carbocycles. The molecule has 3 N–H and O–H groups in total. The number of hydrogen-bond acceptors (Lipinski definition) is 5. The molecule has 0 aliphatic heterocycles. The van der Waals surface area contributed by atoms with Crippen LogP contribution in [0.2, 0.25) is 0 Å². The van der Waals surface area contributed by atoms with Gasteiger partial charge in [-0.3, -0.25) is 9.59 Å². The van der Waals surface area contributed by atoms with Crippen molar-refractivity contribution in [1.29, 1.82) is 0 Å². The number of likely N-dealkylation sites (N-methyl/N-ethyl adjacent to an activating group) is 2. The van der Waals surface area contributed by atoms with Crippen LogP contribution >= 0.6 is 0 Å². The average molecular weight is 314 g/mol. The number of nitrogens with zero attached hydrogens (tertiary/aromatic N) is 2. The lowest BCUT2D eigenvalue weighted by molar-refractivity contribution is -0.126. The normalized spacial score (nSPS) is 12.7. The molecular weight excluding hydrogens is 280 g/mol. The molecule has 0 fully saturated rings. The van der Waals surface area contributed by atoms with Gasteiger partial charge in [-0.15, -0.1) is 0 Å². The monoisotopic (exact) mass is 314 g/mol. The number of hydrogen-bond donors (Lipinski definition) is 2. The van der Waals surface area contributed by atoms with Crippen molar-refractivity contribution in [1.82, 2.24) is 15.1 Å². The molecule has 0 bridgehead atoms. The summed E-state index contributed by atoms with van der Waals surface area (Å²) in [5.41, 5.74) is 5.72. The molecule has 1 atom stereocenters. The minimum absolute atomic E-state index is 0.0333. The Hall–Kier alpha value is -0.980. The number of carbonyl (C=O) groups is 2. The van der Waals surface area contributed by atoms with E-state index >= 15 is 0 Å². The SMILES string of the molecule is CCCC(=O)C(N)CC(=O)NCCN(C)CCN(CC)CC. The second-order valence-electron chi connectivity index (χ2n) is 5.71. The highest BCUT2D eigenvalue weighted by atomic mass is 16.2. The first-order valence-corrected chi connectivity index (χ1v) is 8.40. The van der Waals surface area contributed by atoms with Crippen molar-refractivity contribution in [2.45, 2.75) is 46.1 Å². The quantitative estimate of drug-likeness (QED) is 0.516. The van der Waals surface area contributed by atoms with Crippen molar-refractivity contribution >= 4 is 11.7 Å². The van der Waals surface area contributed by atoms with Crippen LogP contribution in [0.25, 0.3) is 0 Å². The van der Waals surface area contributed by atoms with Gasteiger partial charge in [-0.05, 0) is 26.6 Å². The summed E-state index contributed by atoms with van der Waals surface area (Å²) in [6, 6.07) is -0.666. The molecule has 0 radical (unpaired) electrons. The number of carbonyl (C=O) groups excluding carboxylic acids is 2. The van der Waals surface area contributed by atoms with Crippen LogP contribution in [0.5, 0.6) is 0 Å². The van der Waals surface area contributed by atoms with Gasteiger partial charge in [0.15, 0.2) is 0 Å². The summed E-state index contributed by atoms with van der Waals surface area (Å²) in [4.78, 5) is 27.8. The second kappa shape index (κ2) is 12.6. The van der Waals surface area contributed by atoms with Gasteiger partial charge in [-0.1, -0.05) is 20.8 Å². The lowest BCUT2D eigenvalue weighted by Crippen LogP contribution is -2.40. The first-order valence-electron chi connectivity index (χ1n) is 8.40. The molecule has 6 nitrogen and oxygen atoms in total. The molecule has 0 saturated carbocycles. The van der Waals surface area contributed by atoms with Crippen LogP contribution in [-0.4, -0.2) is 73.8 Å². The predicted molar refractivity (Wildman–Crippen MR) is 90.8 cm³/mol. The maximum Gasteiger partial charge on any atom is 0.222 e. The minimum atomic E-state index is -0.666. The van der Waals surface area contributed by atoms with Crippen molar-refractivity contribution in [2.24, 2.45) is 5.73 Å². The van der Waals surface area contributed by atoms with Gasteiger partial charge in [0.2, 0.25) is 5.91 Å². The summed E-state index contributed by atoms with van der Waals surface area (Å²) >= 11 is 0. The minimum Gasteiger partial charge on any atom is -0.355 e. The zero-order valence-electron chi connectivity index (χ0n) is 14.7. The fourth-order valence-corrected chi connectivity index (χ4v) is 2.17. The molecule has 1 amide bonds. The van der Waals surface area contributed by atoms with Gasteiger partial charge < -0.3 is 20.9 Å². The van der Waals surface area contributed by atoms with Crippen LogP contribution in [0.1, 0.15) is 40.0 Å². The number of Topliss-reactive ketones (excluding diaryl/α,β-unsaturated/α-hetero) is 1. The van der Waals surface area contributed by atoms with Crippen LogP contribution in [0.4, 0.5) is 0 Å². The van der Waals surface area contributed by atoms with Crippen LogP contribution in [0.15, 0.2) is 0 Å². The van der Waals surface area contributed by atoms with Gasteiger partial charge in [0.05, 0.1) is 6.04 Å². The fourth-order valence-electron chi connectivity index (χ4n) is 2.17. The van der Waals surface area contributed by atoms with Gasteiger partial charge in [0.1, 0.15) is 5.78 Å². The van der Waals surface area contributed by atoms with E-state index in [0.717, 1.165) is 39.1 Å². The predicted octanol–water partition coefficient (Wildman–Crippen LogP) is 0.463. The van der Waals surface area contributed by atoms with E-state index in [1.54, 1.807) is 0 Å². The van der Waals surface area contributed by atoms with Crippen molar-refractivity contribution in [3.8, 4) is 0 Å². The first kappa shape index (κ1) is 21.0. The Labute approximate surface area is 135 Å². The molecule has 0 rings (SSSR count). The Morgan fingerprint density at radius 3 is 2.27 bits per heavy atom. The van der Waals surface area contributed by atoms with Gasteiger partial charge in [0.25, 0.3) is 0 Å². The summed E-state index contributed by atoms with van der Waals surface area (Å²) < 4.78 is 0. The van der Waals surface area contributed by atoms with Gasteiger partial charge in [-0.25, -0.2) is 0 Å². The van der Waals surface area contributed by atoms with Gasteiger partial charge in [-0.2, -0.15) is 0 Å². The first-order chi connectivity index (χ1) is 10.4. The number of nitrogens with one attached hydrogen (secondary N) is 1. The van der Waals surface area contributed by atoms with Crippen molar-refractivity contribution < 1.29 is 9.59 Å². The Morgan fingerprint density at radius 1 is 1.09 bits per heavy atom. The van der Waals surface area contributed by atoms with Crippen LogP contribution in [-0.2, 0) is 9.59 Å². The highest BCUT2D eigenvalue weighted by Crippen LogP contribution is 1.97. The van der Waals surface area contributed by atoms with E-state index in [4.69, 9.17) is 5.73 Å². The number of ketones is 1. The van der Waals surface area contributed by atoms with E-state index in [9.17, 15) is 9.59 Å². The largest absolute Gasteiger partial charge is 0.355 e. The Morgan fingerprint density at radius 2 is 1.73 bits per heavy atom. The number of nitrogens with two attached hydrogens (primary N) is 1. The molecule has 0 aromatic heterocycles. The molecule has 0 spiro atoms. The lowest BCUT2D eigenvalue weighted by Gasteiger charge is -2.23. The molecule has 0 heterocycles. The molecule has 0 aliphatic rings. The lowest BCUT2D eigenvalue weighted by atomic mass is 10.1. The molecule has 130 valence electrons. The summed E-state index contributed by atoms with van der Waals surface area (Å²) in [6.45, 7) is 11.8. The van der Waals surface area contributed by atoms with Gasteiger partial charge >= 0.3 is 0 Å². The smallest absolute Gasteiger partial charge is 0.222 e. The average Bonchev–Trinajstić information content (AvgIpc) is 2.48. The molecule has 0 saturated heterocycles. The summed E-state index contributed by atoms with van der Waals surface area (Å²) in [5, 5.41) is 2.83. The molecule has 22 heavy (non-hydrogen) atoms. The van der Waals surface area contributed by atoms with Crippen molar-refractivity contribution in [2.75, 3.05) is 46.3 Å². The van der Waals surface area contributed by atoms with E-state index in [2.05, 4.69) is 29.0 Å². The van der Waals surface area contributed by atoms with E-state index < -0.39 is 6.04 Å². The van der Waals surface area contributed by atoms with Crippen LogP contribution < -0.4 is 11.1 Å². The van der Waals surface area contributed by atoms with Crippen LogP contribution in [0.3, 0.4) is 0 Å². The van der Waals surface area contributed by atoms with Crippen molar-refractivity contribution in [3.05, 3.63) is 0 Å². The summed E-state index contributed by atoms with van der Waals surface area (Å²) in [6.07, 6.45) is 1.30. The molecule has 1 unspecified atom stereocenters. The second-order valence-corrected chi connectivity index (χ2v) is 5.71. The molecule has 0 aromatic rings. The van der Waals surface area contributed by atoms with E-state index in [-0.39, 0.29) is 18.1 Å². The summed E-state index contributed by atoms with van der Waals surface area (Å²) in [7, 11) is 2.05. The fraction of sp³-hybridized carbons (Fsp3) is 0.875. The molecule has 6 heteroatoms. The Bertz CT molecular complexity index is 319. The number of rotatable bonds is 13.